The number of anilines is 1. The smallest absolute Gasteiger partial charge is 0.347 e. The van der Waals surface area contributed by atoms with Crippen LogP contribution in [0.3, 0.4) is 0 Å². The zero-order valence-corrected chi connectivity index (χ0v) is 16.1. The first-order valence-electron chi connectivity index (χ1n) is 8.51. The van der Waals surface area contributed by atoms with Crippen molar-refractivity contribution in [3.05, 3.63) is 10.4 Å². The van der Waals surface area contributed by atoms with E-state index in [2.05, 4.69) is 25.6 Å². The highest BCUT2D eigenvalue weighted by atomic mass is 31.1. The molecular weight excluding hydrogens is 398 g/mol. The summed E-state index contributed by atoms with van der Waals surface area (Å²) in [6.45, 7) is 5.00. The number of nitrogens with one attached hydrogen (secondary N) is 2. The number of nitrogens with zero attached hydrogens (tertiary/aromatic N) is 4. The second-order valence-corrected chi connectivity index (χ2v) is 7.18. The number of aromatic nitrogens is 5. The highest BCUT2D eigenvalue weighted by Gasteiger charge is 2.51. The number of halogens is 1. The maximum absolute atomic E-state index is 14.6. The Morgan fingerprint density at radius 1 is 1.54 bits per heavy atom. The summed E-state index contributed by atoms with van der Waals surface area (Å²) in [4.78, 5) is 39.6. The van der Waals surface area contributed by atoms with Gasteiger partial charge in [-0.3, -0.25) is 19.9 Å². The molecule has 1 fully saturated rings. The SMILES string of the molecule is CC[C@H]1O[C@@H](n2nnc3c(=O)[nH]c(NC(=O)C(C)C)nc32)[C@H](O[P+](=O)O)[C@@H]1F. The molecule has 152 valence electrons. The number of ether oxygens (including phenoxy) is 1. The van der Waals surface area contributed by atoms with Crippen molar-refractivity contribution < 1.29 is 27.9 Å². The van der Waals surface area contributed by atoms with Crippen LogP contribution in [0.4, 0.5) is 10.3 Å². The second-order valence-electron chi connectivity index (χ2n) is 6.49. The first-order valence-corrected chi connectivity index (χ1v) is 9.64. The number of carbonyl (C=O) groups is 1. The monoisotopic (exact) mass is 417 g/mol. The lowest BCUT2D eigenvalue weighted by Crippen LogP contribution is -2.30. The van der Waals surface area contributed by atoms with Crippen molar-refractivity contribution in [1.29, 1.82) is 0 Å². The van der Waals surface area contributed by atoms with Crippen LogP contribution in [0, 0.1) is 5.92 Å². The highest BCUT2D eigenvalue weighted by molar-refractivity contribution is 7.32. The van der Waals surface area contributed by atoms with E-state index in [1.807, 2.05) is 0 Å². The molecule has 3 N–H and O–H groups in total. The Labute approximate surface area is 158 Å². The Balaban J connectivity index is 2.04. The van der Waals surface area contributed by atoms with Gasteiger partial charge < -0.3 is 4.74 Å². The maximum atomic E-state index is 14.6. The molecule has 12 nitrogen and oxygen atoms in total. The van der Waals surface area contributed by atoms with Gasteiger partial charge in [0, 0.05) is 10.5 Å². The molecule has 14 heteroatoms. The van der Waals surface area contributed by atoms with Crippen LogP contribution in [0.1, 0.15) is 33.4 Å². The summed E-state index contributed by atoms with van der Waals surface area (Å²) in [5, 5.41) is 9.93. The Hall–Kier alpha value is -2.34. The van der Waals surface area contributed by atoms with Crippen molar-refractivity contribution in [2.45, 2.75) is 51.8 Å². The lowest BCUT2D eigenvalue weighted by atomic mass is 10.1. The Morgan fingerprint density at radius 3 is 2.86 bits per heavy atom. The minimum atomic E-state index is -3.12. The summed E-state index contributed by atoms with van der Waals surface area (Å²) < 4.78 is 37.0. The number of alkyl halides is 1. The third-order valence-corrected chi connectivity index (χ3v) is 4.64. The lowest BCUT2D eigenvalue weighted by molar-refractivity contribution is -0.118. The van der Waals surface area contributed by atoms with Crippen LogP contribution in [-0.4, -0.2) is 54.1 Å². The van der Waals surface area contributed by atoms with Crippen LogP contribution in [0.15, 0.2) is 4.79 Å². The molecule has 0 bridgehead atoms. The molecule has 0 aromatic carbocycles. The molecule has 1 aliphatic heterocycles. The topological polar surface area (TPSA) is 161 Å². The fraction of sp³-hybridized carbons (Fsp3) is 0.643. The Kier molecular flexibility index (Phi) is 5.79. The quantitative estimate of drug-likeness (QED) is 0.577. The standard InChI is InChI=1S/C14H18FN6O6P/c1-4-6-7(15)9(27-28(24)25)13(26-6)21-10-8(19-20-21)12(23)18-14(16-10)17-11(22)5(2)3/h5-7,9,13H,4H2,1-3H3,(H2-,16,17,18,20,22,23,24,25)/p+1/t6-,7-,9-,13-/m1/s1. The van der Waals surface area contributed by atoms with Gasteiger partial charge in [-0.05, 0) is 6.42 Å². The molecule has 0 radical (unpaired) electrons. The molecule has 2 aromatic rings. The van der Waals surface area contributed by atoms with E-state index >= 15 is 0 Å². The molecule has 3 rings (SSSR count). The van der Waals surface area contributed by atoms with E-state index in [0.717, 1.165) is 4.68 Å². The van der Waals surface area contributed by atoms with E-state index in [4.69, 9.17) is 14.2 Å². The number of rotatable bonds is 6. The predicted octanol–water partition coefficient (Wildman–Crippen LogP) is 0.790. The summed E-state index contributed by atoms with van der Waals surface area (Å²) in [7, 11) is -3.12. The highest BCUT2D eigenvalue weighted by Crippen LogP contribution is 2.39. The van der Waals surface area contributed by atoms with Crippen molar-refractivity contribution >= 4 is 31.3 Å². The molecule has 5 atom stereocenters. The summed E-state index contributed by atoms with van der Waals surface area (Å²) in [5.41, 5.74) is -0.949. The number of hydrogen-bond donors (Lipinski definition) is 3. The van der Waals surface area contributed by atoms with Gasteiger partial charge in [-0.15, -0.1) is 14.5 Å². The van der Waals surface area contributed by atoms with E-state index in [1.54, 1.807) is 20.8 Å². The van der Waals surface area contributed by atoms with E-state index in [1.165, 1.54) is 0 Å². The molecule has 0 spiro atoms. The van der Waals surface area contributed by atoms with Gasteiger partial charge in [-0.25, -0.2) is 4.39 Å². The summed E-state index contributed by atoms with van der Waals surface area (Å²) >= 11 is 0. The zero-order chi connectivity index (χ0) is 20.6. The molecule has 2 aromatic heterocycles. The average Bonchev–Trinajstić information content (AvgIpc) is 3.16. The zero-order valence-electron chi connectivity index (χ0n) is 15.2. The summed E-state index contributed by atoms with van der Waals surface area (Å²) in [6, 6.07) is 0. The number of fused-ring (bicyclic) bond motifs is 1. The first-order chi connectivity index (χ1) is 13.2. The summed E-state index contributed by atoms with van der Waals surface area (Å²) in [6.07, 6.45) is -5.08. The van der Waals surface area contributed by atoms with E-state index < -0.39 is 38.4 Å². The van der Waals surface area contributed by atoms with Gasteiger partial charge >= 0.3 is 8.25 Å². The van der Waals surface area contributed by atoms with Crippen molar-refractivity contribution in [1.82, 2.24) is 25.0 Å². The number of amides is 1. The molecule has 1 amide bonds. The molecule has 0 saturated carbocycles. The van der Waals surface area contributed by atoms with Gasteiger partial charge in [0.1, 0.15) is 0 Å². The Morgan fingerprint density at radius 2 is 2.25 bits per heavy atom. The van der Waals surface area contributed by atoms with Gasteiger partial charge in [-0.2, -0.15) is 9.67 Å². The minimum Gasteiger partial charge on any atom is -0.347 e. The minimum absolute atomic E-state index is 0.0986. The molecule has 1 aliphatic rings. The van der Waals surface area contributed by atoms with Gasteiger partial charge in [0.25, 0.3) is 5.56 Å². The third kappa shape index (κ3) is 3.78. The van der Waals surface area contributed by atoms with E-state index in [0.29, 0.717) is 0 Å². The molecule has 0 aliphatic carbocycles. The maximum Gasteiger partial charge on any atom is 0.695 e. The van der Waals surface area contributed by atoms with Crippen LogP contribution in [0.2, 0.25) is 0 Å². The largest absolute Gasteiger partial charge is 0.695 e. The van der Waals surface area contributed by atoms with Crippen LogP contribution in [0.25, 0.3) is 11.2 Å². The number of H-pyrrole nitrogens is 1. The number of aromatic amines is 1. The molecule has 1 unspecified atom stereocenters. The van der Waals surface area contributed by atoms with Gasteiger partial charge in [0.05, 0.1) is 6.10 Å². The fourth-order valence-corrected chi connectivity index (χ4v) is 3.19. The molecule has 1 saturated heterocycles. The third-order valence-electron chi connectivity index (χ3n) is 4.22. The number of hydrogen-bond acceptors (Lipinski definition) is 8. The Bertz CT molecular complexity index is 963. The number of carbonyl (C=O) groups excluding carboxylic acids is 1. The van der Waals surface area contributed by atoms with Crippen LogP contribution < -0.4 is 10.9 Å². The fourth-order valence-electron chi connectivity index (χ4n) is 2.76. The lowest BCUT2D eigenvalue weighted by Gasteiger charge is -2.14. The van der Waals surface area contributed by atoms with Crippen molar-refractivity contribution in [2.75, 3.05) is 5.32 Å². The van der Waals surface area contributed by atoms with Crippen LogP contribution >= 0.6 is 8.25 Å². The molecule has 3 heterocycles. The van der Waals surface area contributed by atoms with Crippen LogP contribution in [-0.2, 0) is 18.6 Å². The van der Waals surface area contributed by atoms with Crippen molar-refractivity contribution in [2.24, 2.45) is 5.92 Å². The van der Waals surface area contributed by atoms with Gasteiger partial charge in [0.2, 0.25) is 11.9 Å². The summed E-state index contributed by atoms with van der Waals surface area (Å²) in [5.74, 6) is -0.891. The predicted molar refractivity (Wildman–Crippen MR) is 93.2 cm³/mol. The molecular formula is C14H19FN6O6P+. The van der Waals surface area contributed by atoms with Gasteiger partial charge in [-0.1, -0.05) is 26.0 Å². The average molecular weight is 417 g/mol. The normalized spacial score (nSPS) is 25.4. The van der Waals surface area contributed by atoms with Gasteiger partial charge in [0.15, 0.2) is 29.7 Å². The van der Waals surface area contributed by atoms with E-state index in [9.17, 15) is 18.5 Å². The van der Waals surface area contributed by atoms with E-state index in [-0.39, 0.29) is 35.4 Å². The van der Waals surface area contributed by atoms with Crippen LogP contribution in [0.5, 0.6) is 0 Å². The molecule has 28 heavy (non-hydrogen) atoms. The van der Waals surface area contributed by atoms with Crippen molar-refractivity contribution in [3.8, 4) is 0 Å². The first kappa shape index (κ1) is 20.4. The second kappa shape index (κ2) is 7.95. The van der Waals surface area contributed by atoms with Crippen molar-refractivity contribution in [3.63, 3.8) is 0 Å².